The third kappa shape index (κ3) is 3.11. The second-order valence-corrected chi connectivity index (χ2v) is 5.47. The molecular formula is C13H12BrNO2S. The van der Waals surface area contributed by atoms with Gasteiger partial charge in [-0.05, 0) is 45.6 Å². The zero-order valence-electron chi connectivity index (χ0n) is 9.77. The lowest BCUT2D eigenvalue weighted by atomic mass is 10.2. The van der Waals surface area contributed by atoms with Crippen LogP contribution < -0.4 is 5.32 Å². The molecule has 18 heavy (non-hydrogen) atoms. The van der Waals surface area contributed by atoms with Gasteiger partial charge in [0, 0.05) is 15.0 Å². The zero-order valence-corrected chi connectivity index (χ0v) is 12.2. The van der Waals surface area contributed by atoms with Gasteiger partial charge in [0.25, 0.3) is 0 Å². The molecule has 2 rings (SSSR count). The van der Waals surface area contributed by atoms with Crippen molar-refractivity contribution in [2.45, 2.75) is 6.54 Å². The van der Waals surface area contributed by atoms with E-state index in [-0.39, 0.29) is 5.97 Å². The molecule has 0 atom stereocenters. The summed E-state index contributed by atoms with van der Waals surface area (Å²) in [5.74, 6) is -0.323. The summed E-state index contributed by atoms with van der Waals surface area (Å²) < 4.78 is 5.79. The zero-order chi connectivity index (χ0) is 13.0. The van der Waals surface area contributed by atoms with Gasteiger partial charge in [-0.25, -0.2) is 4.79 Å². The Morgan fingerprint density at radius 3 is 2.94 bits per heavy atom. The van der Waals surface area contributed by atoms with Crippen molar-refractivity contribution in [1.82, 2.24) is 0 Å². The monoisotopic (exact) mass is 325 g/mol. The number of thiophene rings is 1. The van der Waals surface area contributed by atoms with Crippen molar-refractivity contribution in [3.05, 3.63) is 50.6 Å². The molecule has 0 radical (unpaired) electrons. The number of hydrogen-bond acceptors (Lipinski definition) is 4. The summed E-state index contributed by atoms with van der Waals surface area (Å²) in [6, 6.07) is 9.30. The van der Waals surface area contributed by atoms with E-state index in [1.165, 1.54) is 12.0 Å². The fraction of sp³-hybridized carbons (Fsp3) is 0.154. The van der Waals surface area contributed by atoms with Crippen molar-refractivity contribution in [3.8, 4) is 0 Å². The van der Waals surface area contributed by atoms with Crippen LogP contribution in [0.1, 0.15) is 15.2 Å². The number of methoxy groups -OCH3 is 1. The molecule has 0 aliphatic rings. The highest BCUT2D eigenvalue weighted by Crippen LogP contribution is 2.23. The highest BCUT2D eigenvalue weighted by Gasteiger charge is 2.06. The molecule has 0 amide bonds. The van der Waals surface area contributed by atoms with Gasteiger partial charge in [-0.1, -0.05) is 6.07 Å². The number of hydrogen-bond donors (Lipinski definition) is 1. The Balaban J connectivity index is 2.06. The first kappa shape index (κ1) is 13.1. The molecular weight excluding hydrogens is 314 g/mol. The van der Waals surface area contributed by atoms with E-state index in [0.717, 1.165) is 16.7 Å². The van der Waals surface area contributed by atoms with Crippen molar-refractivity contribution in [2.75, 3.05) is 12.4 Å². The van der Waals surface area contributed by atoms with Crippen LogP contribution in [0.4, 0.5) is 5.69 Å². The Hall–Kier alpha value is -1.33. The minimum absolute atomic E-state index is 0.323. The summed E-state index contributed by atoms with van der Waals surface area (Å²) in [5.41, 5.74) is 1.45. The number of carbonyl (C=O) groups is 1. The van der Waals surface area contributed by atoms with Crippen LogP contribution in [0.2, 0.25) is 0 Å². The summed E-state index contributed by atoms with van der Waals surface area (Å²) >= 11 is 5.17. The van der Waals surface area contributed by atoms with Crippen molar-refractivity contribution in [1.29, 1.82) is 0 Å². The molecule has 1 aromatic carbocycles. The maximum Gasteiger partial charge on any atom is 0.337 e. The average molecular weight is 326 g/mol. The second kappa shape index (κ2) is 6.02. The van der Waals surface area contributed by atoms with Crippen LogP contribution in [0.15, 0.2) is 40.2 Å². The molecule has 5 heteroatoms. The van der Waals surface area contributed by atoms with Gasteiger partial charge >= 0.3 is 5.97 Å². The molecule has 0 unspecified atom stereocenters. The molecule has 0 aliphatic carbocycles. The smallest absolute Gasteiger partial charge is 0.337 e. The number of halogens is 1. The summed E-state index contributed by atoms with van der Waals surface area (Å²) in [7, 11) is 1.38. The molecule has 0 bridgehead atoms. The fourth-order valence-electron chi connectivity index (χ4n) is 1.51. The first-order chi connectivity index (χ1) is 8.70. The van der Waals surface area contributed by atoms with Crippen LogP contribution in [0.5, 0.6) is 0 Å². The van der Waals surface area contributed by atoms with Gasteiger partial charge in [0.1, 0.15) is 0 Å². The second-order valence-electron chi connectivity index (χ2n) is 3.62. The number of carbonyl (C=O) groups excluding carboxylic acids is 1. The van der Waals surface area contributed by atoms with E-state index in [1.54, 1.807) is 23.5 Å². The van der Waals surface area contributed by atoms with E-state index in [1.807, 2.05) is 23.6 Å². The maximum atomic E-state index is 11.4. The van der Waals surface area contributed by atoms with E-state index < -0.39 is 0 Å². The van der Waals surface area contributed by atoms with E-state index in [9.17, 15) is 4.79 Å². The number of nitrogens with one attached hydrogen (secondary N) is 1. The Bertz CT molecular complexity index is 553. The standard InChI is InChI=1S/C13H12BrNO2S/c1-17-13(16)9-3-2-4-10(7-9)15-8-12-11(14)5-6-18-12/h2-7,15H,8H2,1H3. The largest absolute Gasteiger partial charge is 0.465 e. The van der Waals surface area contributed by atoms with Crippen LogP contribution in [0.25, 0.3) is 0 Å². The van der Waals surface area contributed by atoms with Gasteiger partial charge < -0.3 is 10.1 Å². The van der Waals surface area contributed by atoms with E-state index in [2.05, 4.69) is 26.0 Å². The number of anilines is 1. The van der Waals surface area contributed by atoms with Crippen LogP contribution in [-0.2, 0) is 11.3 Å². The molecule has 0 saturated heterocycles. The van der Waals surface area contributed by atoms with Crippen molar-refractivity contribution < 1.29 is 9.53 Å². The SMILES string of the molecule is COC(=O)c1cccc(NCc2sccc2Br)c1. The molecule has 0 fully saturated rings. The molecule has 0 spiro atoms. The molecule has 2 aromatic rings. The lowest BCUT2D eigenvalue weighted by Crippen LogP contribution is -2.03. The minimum atomic E-state index is -0.323. The number of esters is 1. The van der Waals surface area contributed by atoms with Crippen molar-refractivity contribution in [3.63, 3.8) is 0 Å². The number of benzene rings is 1. The molecule has 0 aliphatic heterocycles. The van der Waals surface area contributed by atoms with Gasteiger partial charge in [0.2, 0.25) is 0 Å². The molecule has 0 saturated carbocycles. The van der Waals surface area contributed by atoms with Gasteiger partial charge in [0.15, 0.2) is 0 Å². The van der Waals surface area contributed by atoms with Gasteiger partial charge in [-0.2, -0.15) is 0 Å². The summed E-state index contributed by atoms with van der Waals surface area (Å²) in [6.07, 6.45) is 0. The molecule has 1 aromatic heterocycles. The first-order valence-electron chi connectivity index (χ1n) is 5.35. The summed E-state index contributed by atoms with van der Waals surface area (Å²) in [6.45, 7) is 0.725. The Kier molecular flexibility index (Phi) is 4.38. The molecule has 1 N–H and O–H groups in total. The normalized spacial score (nSPS) is 10.1. The lowest BCUT2D eigenvalue weighted by molar-refractivity contribution is 0.0601. The van der Waals surface area contributed by atoms with Gasteiger partial charge in [-0.15, -0.1) is 11.3 Å². The Labute approximate surface area is 118 Å². The predicted octanol–water partition coefficient (Wildman–Crippen LogP) is 3.91. The third-order valence-electron chi connectivity index (χ3n) is 2.43. The van der Waals surface area contributed by atoms with Gasteiger partial charge in [0.05, 0.1) is 19.2 Å². The fourth-order valence-corrected chi connectivity index (χ4v) is 2.94. The molecule has 3 nitrogen and oxygen atoms in total. The quantitative estimate of drug-likeness (QED) is 0.866. The average Bonchev–Trinajstić information content (AvgIpc) is 2.81. The highest BCUT2D eigenvalue weighted by molar-refractivity contribution is 9.10. The Morgan fingerprint density at radius 2 is 2.28 bits per heavy atom. The topological polar surface area (TPSA) is 38.3 Å². The van der Waals surface area contributed by atoms with E-state index in [0.29, 0.717) is 5.56 Å². The van der Waals surface area contributed by atoms with E-state index in [4.69, 9.17) is 0 Å². The Morgan fingerprint density at radius 1 is 1.44 bits per heavy atom. The van der Waals surface area contributed by atoms with Crippen LogP contribution in [0, 0.1) is 0 Å². The maximum absolute atomic E-state index is 11.4. The number of ether oxygens (including phenoxy) is 1. The van der Waals surface area contributed by atoms with Crippen LogP contribution in [-0.4, -0.2) is 13.1 Å². The van der Waals surface area contributed by atoms with Gasteiger partial charge in [-0.3, -0.25) is 0 Å². The molecule has 94 valence electrons. The predicted molar refractivity (Wildman–Crippen MR) is 77.1 cm³/mol. The first-order valence-corrected chi connectivity index (χ1v) is 7.02. The minimum Gasteiger partial charge on any atom is -0.465 e. The summed E-state index contributed by atoms with van der Waals surface area (Å²) in [4.78, 5) is 12.6. The molecule has 1 heterocycles. The van der Waals surface area contributed by atoms with E-state index >= 15 is 0 Å². The van der Waals surface area contributed by atoms with Crippen LogP contribution >= 0.6 is 27.3 Å². The third-order valence-corrected chi connectivity index (χ3v) is 4.35. The summed E-state index contributed by atoms with van der Waals surface area (Å²) in [5, 5.41) is 5.31. The van der Waals surface area contributed by atoms with Crippen molar-refractivity contribution >= 4 is 38.9 Å². The highest BCUT2D eigenvalue weighted by atomic mass is 79.9. The van der Waals surface area contributed by atoms with Crippen molar-refractivity contribution in [2.24, 2.45) is 0 Å². The lowest BCUT2D eigenvalue weighted by Gasteiger charge is -2.07. The number of rotatable bonds is 4. The van der Waals surface area contributed by atoms with Crippen LogP contribution in [0.3, 0.4) is 0 Å².